The molecule has 0 spiro atoms. The summed E-state index contributed by atoms with van der Waals surface area (Å²) in [4.78, 5) is 16.4. The molecule has 0 atom stereocenters. The Kier molecular flexibility index (Phi) is 7.72. The van der Waals surface area contributed by atoms with Crippen LogP contribution >= 0.6 is 0 Å². The van der Waals surface area contributed by atoms with E-state index >= 15 is 0 Å². The summed E-state index contributed by atoms with van der Waals surface area (Å²) in [7, 11) is 3.33. The molecule has 1 aromatic heterocycles. The Morgan fingerprint density at radius 3 is 2.80 bits per heavy atom. The maximum atomic E-state index is 12.3. The lowest BCUT2D eigenvalue weighted by atomic mass is 10.1. The zero-order chi connectivity index (χ0) is 17.9. The summed E-state index contributed by atoms with van der Waals surface area (Å²) in [5.74, 6) is 0.698. The minimum absolute atomic E-state index is 0.136. The largest absolute Gasteiger partial charge is 0.496 e. The van der Waals surface area contributed by atoms with Gasteiger partial charge in [-0.25, -0.2) is 0 Å². The van der Waals surface area contributed by atoms with E-state index in [9.17, 15) is 4.79 Å². The van der Waals surface area contributed by atoms with E-state index in [2.05, 4.69) is 15.6 Å². The van der Waals surface area contributed by atoms with Gasteiger partial charge in [-0.05, 0) is 30.5 Å². The number of amides is 1. The van der Waals surface area contributed by atoms with Gasteiger partial charge in [0.1, 0.15) is 5.75 Å². The van der Waals surface area contributed by atoms with Gasteiger partial charge in [0.15, 0.2) is 0 Å². The molecule has 0 aliphatic rings. The van der Waals surface area contributed by atoms with Gasteiger partial charge >= 0.3 is 0 Å². The molecule has 0 saturated carbocycles. The number of hydrogen-bond donors (Lipinski definition) is 2. The lowest BCUT2D eigenvalue weighted by Gasteiger charge is -2.10. The number of benzene rings is 1. The first-order chi connectivity index (χ1) is 12.2. The number of hydrogen-bond acceptors (Lipinski definition) is 5. The summed E-state index contributed by atoms with van der Waals surface area (Å²) in [5.41, 5.74) is 2.43. The molecule has 6 nitrogen and oxygen atoms in total. The number of nitrogens with one attached hydrogen (secondary N) is 2. The quantitative estimate of drug-likeness (QED) is 0.649. The number of para-hydroxylation sites is 1. The number of methoxy groups -OCH3 is 2. The number of anilines is 1. The molecule has 0 aliphatic carbocycles. The molecule has 6 heteroatoms. The number of ether oxygens (including phenoxy) is 2. The first kappa shape index (κ1) is 18.7. The Balaban J connectivity index is 1.84. The molecule has 134 valence electrons. The number of carbonyl (C=O) groups is 1. The van der Waals surface area contributed by atoms with Crippen LogP contribution in [-0.4, -0.2) is 44.8 Å². The van der Waals surface area contributed by atoms with Crippen LogP contribution in [0.25, 0.3) is 0 Å². The highest BCUT2D eigenvalue weighted by atomic mass is 16.5. The maximum Gasteiger partial charge on any atom is 0.252 e. The second-order valence-corrected chi connectivity index (χ2v) is 5.55. The lowest BCUT2D eigenvalue weighted by molar-refractivity contribution is 0.0953. The normalized spacial score (nSPS) is 10.3. The van der Waals surface area contributed by atoms with Crippen molar-refractivity contribution in [3.05, 3.63) is 53.9 Å². The molecule has 0 unspecified atom stereocenters. The first-order valence-corrected chi connectivity index (χ1v) is 8.32. The van der Waals surface area contributed by atoms with E-state index in [1.54, 1.807) is 32.7 Å². The third-order valence-electron chi connectivity index (χ3n) is 3.73. The van der Waals surface area contributed by atoms with Gasteiger partial charge in [-0.1, -0.05) is 18.2 Å². The molecule has 2 N–H and O–H groups in total. The number of nitrogens with zero attached hydrogens (tertiary/aromatic N) is 1. The van der Waals surface area contributed by atoms with Gasteiger partial charge in [-0.2, -0.15) is 0 Å². The molecule has 0 aliphatic heterocycles. The summed E-state index contributed by atoms with van der Waals surface area (Å²) in [6, 6.07) is 9.61. The fourth-order valence-corrected chi connectivity index (χ4v) is 2.43. The number of pyridine rings is 1. The molecule has 2 rings (SSSR count). The molecule has 25 heavy (non-hydrogen) atoms. The minimum atomic E-state index is -0.136. The lowest BCUT2D eigenvalue weighted by Crippen LogP contribution is -2.26. The monoisotopic (exact) mass is 343 g/mol. The van der Waals surface area contributed by atoms with Crippen LogP contribution in [0.1, 0.15) is 22.3 Å². The molecular formula is C19H25N3O3. The van der Waals surface area contributed by atoms with Gasteiger partial charge in [0, 0.05) is 39.2 Å². The van der Waals surface area contributed by atoms with Crippen molar-refractivity contribution >= 4 is 11.6 Å². The van der Waals surface area contributed by atoms with E-state index in [0.29, 0.717) is 25.1 Å². The Morgan fingerprint density at radius 2 is 2.00 bits per heavy atom. The topological polar surface area (TPSA) is 72.5 Å². The number of rotatable bonds is 10. The molecule has 0 bridgehead atoms. The van der Waals surface area contributed by atoms with Crippen molar-refractivity contribution in [3.8, 4) is 5.75 Å². The Morgan fingerprint density at radius 1 is 1.16 bits per heavy atom. The highest BCUT2D eigenvalue weighted by Crippen LogP contribution is 2.17. The van der Waals surface area contributed by atoms with E-state index in [4.69, 9.17) is 9.47 Å². The molecule has 0 fully saturated rings. The molecule has 1 aromatic carbocycles. The first-order valence-electron chi connectivity index (χ1n) is 8.32. The van der Waals surface area contributed by atoms with Crippen LogP contribution < -0.4 is 15.4 Å². The van der Waals surface area contributed by atoms with Crippen molar-refractivity contribution < 1.29 is 14.3 Å². The van der Waals surface area contributed by atoms with E-state index in [-0.39, 0.29) is 5.91 Å². The molecule has 1 heterocycles. The van der Waals surface area contributed by atoms with Gasteiger partial charge in [0.2, 0.25) is 0 Å². The van der Waals surface area contributed by atoms with Crippen LogP contribution in [-0.2, 0) is 11.2 Å². The second-order valence-electron chi connectivity index (χ2n) is 5.55. The second kappa shape index (κ2) is 10.3. The number of aromatic nitrogens is 1. The van der Waals surface area contributed by atoms with E-state index in [1.165, 1.54) is 0 Å². The van der Waals surface area contributed by atoms with Crippen LogP contribution in [0.5, 0.6) is 5.75 Å². The standard InChI is InChI=1S/C19H25N3O3/c1-24-11-5-9-21-17-12-16(13-20-14-17)19(23)22-10-8-15-6-3-4-7-18(15)25-2/h3-4,6-7,12-14,21H,5,8-11H2,1-2H3,(H,22,23). The third-order valence-corrected chi connectivity index (χ3v) is 3.73. The van der Waals surface area contributed by atoms with E-state index in [1.807, 2.05) is 24.3 Å². The fourth-order valence-electron chi connectivity index (χ4n) is 2.43. The van der Waals surface area contributed by atoms with Crippen molar-refractivity contribution in [2.24, 2.45) is 0 Å². The van der Waals surface area contributed by atoms with Crippen molar-refractivity contribution in [1.82, 2.24) is 10.3 Å². The predicted molar refractivity (Wildman–Crippen MR) is 98.3 cm³/mol. The van der Waals surface area contributed by atoms with Gasteiger partial charge in [-0.3, -0.25) is 9.78 Å². The summed E-state index contributed by atoms with van der Waals surface area (Å²) in [6.45, 7) is 2.00. The van der Waals surface area contributed by atoms with Gasteiger partial charge in [-0.15, -0.1) is 0 Å². The van der Waals surface area contributed by atoms with Crippen molar-refractivity contribution in [3.63, 3.8) is 0 Å². The highest BCUT2D eigenvalue weighted by molar-refractivity contribution is 5.94. The Bertz CT molecular complexity index is 676. The fraction of sp³-hybridized carbons (Fsp3) is 0.368. The molecule has 2 aromatic rings. The van der Waals surface area contributed by atoms with Crippen LogP contribution in [0.4, 0.5) is 5.69 Å². The summed E-state index contributed by atoms with van der Waals surface area (Å²) >= 11 is 0. The Labute approximate surface area is 148 Å². The average Bonchev–Trinajstić information content (AvgIpc) is 2.66. The van der Waals surface area contributed by atoms with Crippen molar-refractivity contribution in [2.75, 3.05) is 39.2 Å². The van der Waals surface area contributed by atoms with Gasteiger partial charge in [0.05, 0.1) is 18.4 Å². The predicted octanol–water partition coefficient (Wildman–Crippen LogP) is 2.51. The van der Waals surface area contributed by atoms with Crippen molar-refractivity contribution in [2.45, 2.75) is 12.8 Å². The van der Waals surface area contributed by atoms with Crippen LogP contribution in [0.3, 0.4) is 0 Å². The SMILES string of the molecule is COCCCNc1cncc(C(=O)NCCc2ccccc2OC)c1. The average molecular weight is 343 g/mol. The number of carbonyl (C=O) groups excluding carboxylic acids is 1. The van der Waals surface area contributed by atoms with E-state index in [0.717, 1.165) is 30.0 Å². The highest BCUT2D eigenvalue weighted by Gasteiger charge is 2.08. The van der Waals surface area contributed by atoms with Crippen LogP contribution in [0, 0.1) is 0 Å². The molecule has 1 amide bonds. The van der Waals surface area contributed by atoms with Crippen LogP contribution in [0.2, 0.25) is 0 Å². The molecule has 0 radical (unpaired) electrons. The van der Waals surface area contributed by atoms with E-state index < -0.39 is 0 Å². The zero-order valence-corrected chi connectivity index (χ0v) is 14.7. The third kappa shape index (κ3) is 6.08. The Hall–Kier alpha value is -2.60. The zero-order valence-electron chi connectivity index (χ0n) is 14.7. The van der Waals surface area contributed by atoms with Crippen LogP contribution in [0.15, 0.2) is 42.7 Å². The summed E-state index contributed by atoms with van der Waals surface area (Å²) in [6.07, 6.45) is 4.88. The minimum Gasteiger partial charge on any atom is -0.496 e. The smallest absolute Gasteiger partial charge is 0.252 e. The van der Waals surface area contributed by atoms with Gasteiger partial charge < -0.3 is 20.1 Å². The summed E-state index contributed by atoms with van der Waals surface area (Å²) in [5, 5.41) is 6.15. The summed E-state index contributed by atoms with van der Waals surface area (Å²) < 4.78 is 10.3. The van der Waals surface area contributed by atoms with Crippen molar-refractivity contribution in [1.29, 1.82) is 0 Å². The van der Waals surface area contributed by atoms with Gasteiger partial charge in [0.25, 0.3) is 5.91 Å². The molecule has 0 saturated heterocycles. The molecular weight excluding hydrogens is 318 g/mol. The maximum absolute atomic E-state index is 12.3.